The van der Waals surface area contributed by atoms with Crippen molar-refractivity contribution < 1.29 is 4.79 Å². The molecule has 2 aliphatic rings. The number of nitrogens with two attached hydrogens (primary N) is 1. The topological polar surface area (TPSA) is 49.6 Å². The molecule has 0 aliphatic carbocycles. The average Bonchev–Trinajstić information content (AvgIpc) is 2.99. The minimum Gasteiger partial charge on any atom is -0.330 e. The van der Waals surface area contributed by atoms with Crippen molar-refractivity contribution >= 4 is 11.6 Å². The fraction of sp³-hybridized carbons (Fsp3) is 0.588. The first-order chi connectivity index (χ1) is 10.0. The fourth-order valence-corrected chi connectivity index (χ4v) is 3.64. The van der Waals surface area contributed by atoms with Gasteiger partial charge in [0.2, 0.25) is 5.91 Å². The second-order valence-electron chi connectivity index (χ2n) is 6.92. The second-order valence-corrected chi connectivity index (χ2v) is 6.92. The number of carbonyl (C=O) groups is 1. The molecule has 0 bridgehead atoms. The van der Waals surface area contributed by atoms with Gasteiger partial charge in [0, 0.05) is 18.3 Å². The van der Waals surface area contributed by atoms with Crippen molar-refractivity contribution in [1.82, 2.24) is 4.90 Å². The van der Waals surface area contributed by atoms with Crippen LogP contribution >= 0.6 is 0 Å². The third-order valence-electron chi connectivity index (χ3n) is 4.96. The standard InChI is InChI=1S/C17H25N3O/c1-13-9-14-5-3-4-6-15(14)20(13)16(21)10-19-8-7-17(2,11-18)12-19/h3-6,13H,7-12,18H2,1-2H3. The number of hydrogen-bond donors (Lipinski definition) is 1. The zero-order valence-electron chi connectivity index (χ0n) is 13.0. The normalized spacial score (nSPS) is 28.9. The van der Waals surface area contributed by atoms with Crippen LogP contribution in [0.1, 0.15) is 25.8 Å². The van der Waals surface area contributed by atoms with Crippen molar-refractivity contribution in [2.75, 3.05) is 31.1 Å². The Morgan fingerprint density at radius 3 is 2.90 bits per heavy atom. The quantitative estimate of drug-likeness (QED) is 0.919. The van der Waals surface area contributed by atoms with Gasteiger partial charge >= 0.3 is 0 Å². The van der Waals surface area contributed by atoms with Gasteiger partial charge in [-0.2, -0.15) is 0 Å². The van der Waals surface area contributed by atoms with Crippen LogP contribution in [0.15, 0.2) is 24.3 Å². The van der Waals surface area contributed by atoms with E-state index >= 15 is 0 Å². The van der Waals surface area contributed by atoms with Gasteiger partial charge in [0.15, 0.2) is 0 Å². The van der Waals surface area contributed by atoms with Crippen LogP contribution in [0.5, 0.6) is 0 Å². The molecule has 2 heterocycles. The molecule has 114 valence electrons. The first-order valence-electron chi connectivity index (χ1n) is 7.85. The average molecular weight is 287 g/mol. The molecule has 4 heteroatoms. The molecule has 1 amide bonds. The monoisotopic (exact) mass is 287 g/mol. The van der Waals surface area contributed by atoms with Gasteiger partial charge < -0.3 is 10.6 Å². The van der Waals surface area contributed by atoms with Crippen LogP contribution in [-0.4, -0.2) is 43.0 Å². The summed E-state index contributed by atoms with van der Waals surface area (Å²) in [5, 5.41) is 0. The third-order valence-corrected chi connectivity index (χ3v) is 4.96. The smallest absolute Gasteiger partial charge is 0.241 e. The van der Waals surface area contributed by atoms with E-state index in [1.165, 1.54) is 5.56 Å². The highest BCUT2D eigenvalue weighted by molar-refractivity contribution is 5.97. The highest BCUT2D eigenvalue weighted by Gasteiger charge is 2.36. The summed E-state index contributed by atoms with van der Waals surface area (Å²) < 4.78 is 0. The SMILES string of the molecule is CC1Cc2ccccc2N1C(=O)CN1CCC(C)(CN)C1. The van der Waals surface area contributed by atoms with E-state index in [2.05, 4.69) is 30.9 Å². The number of fused-ring (bicyclic) bond motifs is 1. The van der Waals surface area contributed by atoms with Gasteiger partial charge in [-0.3, -0.25) is 9.69 Å². The number of amides is 1. The Hall–Kier alpha value is -1.39. The number of rotatable bonds is 3. The van der Waals surface area contributed by atoms with E-state index in [0.29, 0.717) is 13.1 Å². The van der Waals surface area contributed by atoms with Gasteiger partial charge in [0.25, 0.3) is 0 Å². The molecule has 4 nitrogen and oxygen atoms in total. The molecule has 1 aromatic carbocycles. The summed E-state index contributed by atoms with van der Waals surface area (Å²) >= 11 is 0. The molecule has 0 spiro atoms. The Kier molecular flexibility index (Phi) is 3.76. The predicted molar refractivity (Wildman–Crippen MR) is 85.3 cm³/mol. The first kappa shape index (κ1) is 14.5. The van der Waals surface area contributed by atoms with E-state index in [0.717, 1.165) is 31.6 Å². The molecule has 3 rings (SSSR count). The van der Waals surface area contributed by atoms with E-state index < -0.39 is 0 Å². The molecule has 1 saturated heterocycles. The van der Waals surface area contributed by atoms with E-state index in [4.69, 9.17) is 5.73 Å². The summed E-state index contributed by atoms with van der Waals surface area (Å²) in [6.45, 7) is 7.45. The van der Waals surface area contributed by atoms with Crippen molar-refractivity contribution in [1.29, 1.82) is 0 Å². The van der Waals surface area contributed by atoms with E-state index in [1.807, 2.05) is 17.0 Å². The molecule has 2 N–H and O–H groups in total. The van der Waals surface area contributed by atoms with Gasteiger partial charge in [-0.1, -0.05) is 25.1 Å². The van der Waals surface area contributed by atoms with Crippen LogP contribution < -0.4 is 10.6 Å². The van der Waals surface area contributed by atoms with E-state index in [-0.39, 0.29) is 17.4 Å². The van der Waals surface area contributed by atoms with Crippen LogP contribution in [0.4, 0.5) is 5.69 Å². The number of anilines is 1. The van der Waals surface area contributed by atoms with Crippen LogP contribution in [0, 0.1) is 5.41 Å². The van der Waals surface area contributed by atoms with Crippen molar-refractivity contribution in [3.63, 3.8) is 0 Å². The highest BCUT2D eigenvalue weighted by Crippen LogP contribution is 2.33. The lowest BCUT2D eigenvalue weighted by Gasteiger charge is -2.27. The number of carbonyl (C=O) groups excluding carboxylic acids is 1. The van der Waals surface area contributed by atoms with Crippen molar-refractivity contribution in [3.05, 3.63) is 29.8 Å². The van der Waals surface area contributed by atoms with Crippen molar-refractivity contribution in [3.8, 4) is 0 Å². The molecular formula is C17H25N3O. The molecule has 1 aromatic rings. The predicted octanol–water partition coefficient (Wildman–Crippen LogP) is 1.63. The summed E-state index contributed by atoms with van der Waals surface area (Å²) in [5.74, 6) is 0.216. The highest BCUT2D eigenvalue weighted by atomic mass is 16.2. The number of hydrogen-bond acceptors (Lipinski definition) is 3. The zero-order valence-corrected chi connectivity index (χ0v) is 13.0. The Morgan fingerprint density at radius 1 is 1.43 bits per heavy atom. The first-order valence-corrected chi connectivity index (χ1v) is 7.85. The minimum absolute atomic E-state index is 0.175. The molecule has 0 saturated carbocycles. The van der Waals surface area contributed by atoms with Gasteiger partial charge in [0.05, 0.1) is 6.54 Å². The largest absolute Gasteiger partial charge is 0.330 e. The maximum Gasteiger partial charge on any atom is 0.241 e. The zero-order chi connectivity index (χ0) is 15.0. The number of para-hydroxylation sites is 1. The van der Waals surface area contributed by atoms with Crippen LogP contribution in [-0.2, 0) is 11.2 Å². The number of nitrogens with zero attached hydrogens (tertiary/aromatic N) is 2. The van der Waals surface area contributed by atoms with E-state index in [1.54, 1.807) is 0 Å². The molecule has 2 atom stereocenters. The van der Waals surface area contributed by atoms with E-state index in [9.17, 15) is 4.79 Å². The van der Waals surface area contributed by atoms with Gasteiger partial charge in [-0.25, -0.2) is 0 Å². The molecular weight excluding hydrogens is 262 g/mol. The lowest BCUT2D eigenvalue weighted by Crippen LogP contribution is -2.43. The summed E-state index contributed by atoms with van der Waals surface area (Å²) in [7, 11) is 0. The molecule has 2 unspecified atom stereocenters. The van der Waals surface area contributed by atoms with Crippen molar-refractivity contribution in [2.45, 2.75) is 32.7 Å². The summed E-state index contributed by atoms with van der Waals surface area (Å²) in [6, 6.07) is 8.51. The number of benzene rings is 1. The second kappa shape index (κ2) is 5.43. The lowest BCUT2D eigenvalue weighted by atomic mass is 9.90. The van der Waals surface area contributed by atoms with Crippen molar-refractivity contribution in [2.24, 2.45) is 11.1 Å². The van der Waals surface area contributed by atoms with Crippen LogP contribution in [0.25, 0.3) is 0 Å². The molecule has 0 aromatic heterocycles. The summed E-state index contributed by atoms with van der Waals surface area (Å²) in [5.41, 5.74) is 8.40. The Balaban J connectivity index is 1.69. The van der Waals surface area contributed by atoms with Gasteiger partial charge in [0.1, 0.15) is 0 Å². The maximum absolute atomic E-state index is 12.7. The Labute approximate surface area is 126 Å². The summed E-state index contributed by atoms with van der Waals surface area (Å²) in [4.78, 5) is 17.0. The van der Waals surface area contributed by atoms with Crippen LogP contribution in [0.2, 0.25) is 0 Å². The lowest BCUT2D eigenvalue weighted by molar-refractivity contribution is -0.119. The third kappa shape index (κ3) is 2.70. The fourth-order valence-electron chi connectivity index (χ4n) is 3.64. The Bertz CT molecular complexity index is 545. The van der Waals surface area contributed by atoms with Gasteiger partial charge in [-0.15, -0.1) is 0 Å². The minimum atomic E-state index is 0.175. The Morgan fingerprint density at radius 2 is 2.19 bits per heavy atom. The molecule has 0 radical (unpaired) electrons. The van der Waals surface area contributed by atoms with Gasteiger partial charge in [-0.05, 0) is 49.9 Å². The molecule has 1 fully saturated rings. The number of likely N-dealkylation sites (tertiary alicyclic amines) is 1. The summed E-state index contributed by atoms with van der Waals surface area (Å²) in [6.07, 6.45) is 2.05. The molecule has 21 heavy (non-hydrogen) atoms. The van der Waals surface area contributed by atoms with Crippen LogP contribution in [0.3, 0.4) is 0 Å². The molecule has 2 aliphatic heterocycles. The maximum atomic E-state index is 12.7.